The van der Waals surface area contributed by atoms with E-state index in [0.717, 1.165) is 44.4 Å². The minimum atomic E-state index is 0.302. The fourth-order valence-corrected chi connectivity index (χ4v) is 7.66. The van der Waals surface area contributed by atoms with Crippen molar-refractivity contribution in [2.75, 3.05) is 0 Å². The molecule has 46 heavy (non-hydrogen) atoms. The molecule has 0 N–H and O–H groups in total. The molecule has 0 radical (unpaired) electrons. The van der Waals surface area contributed by atoms with Crippen molar-refractivity contribution in [2.45, 2.75) is 39.5 Å². The second-order valence-electron chi connectivity index (χ2n) is 13.1. The van der Waals surface area contributed by atoms with E-state index in [4.69, 9.17) is 9.40 Å². The van der Waals surface area contributed by atoms with Gasteiger partial charge in [0, 0.05) is 10.8 Å². The number of hydrogen-bond donors (Lipinski definition) is 0. The first-order valence-corrected chi connectivity index (χ1v) is 16.3. The minimum absolute atomic E-state index is 0.302. The Morgan fingerprint density at radius 2 is 1.30 bits per heavy atom. The van der Waals surface area contributed by atoms with Gasteiger partial charge in [-0.05, 0) is 85.6 Å². The summed E-state index contributed by atoms with van der Waals surface area (Å²) in [6, 6.07) is 43.7. The highest BCUT2D eigenvalue weighted by Crippen LogP contribution is 2.44. The lowest BCUT2D eigenvalue weighted by molar-refractivity contribution is 0.669. The predicted molar refractivity (Wildman–Crippen MR) is 194 cm³/mol. The molecule has 0 aliphatic rings. The summed E-state index contributed by atoms with van der Waals surface area (Å²) in [5, 5.41) is 9.79. The van der Waals surface area contributed by atoms with E-state index in [9.17, 15) is 0 Å². The summed E-state index contributed by atoms with van der Waals surface area (Å²) in [5.41, 5.74) is 8.73. The molecule has 9 rings (SSSR count). The Hall–Kier alpha value is -5.41. The summed E-state index contributed by atoms with van der Waals surface area (Å²) in [4.78, 5) is 5.37. The van der Waals surface area contributed by atoms with Crippen LogP contribution in [0.2, 0.25) is 0 Å². The molecule has 0 bridgehead atoms. The fourth-order valence-electron chi connectivity index (χ4n) is 7.66. The summed E-state index contributed by atoms with van der Waals surface area (Å²) in [6.07, 6.45) is 0. The van der Waals surface area contributed by atoms with E-state index in [1.807, 2.05) is 0 Å². The van der Waals surface area contributed by atoms with E-state index >= 15 is 0 Å². The molecule has 0 spiro atoms. The van der Waals surface area contributed by atoms with Gasteiger partial charge in [-0.15, -0.1) is 0 Å². The van der Waals surface area contributed by atoms with Crippen LogP contribution in [-0.2, 0) is 0 Å². The second-order valence-corrected chi connectivity index (χ2v) is 13.1. The predicted octanol–water partition coefficient (Wildman–Crippen LogP) is 12.3. The molecule has 0 aliphatic carbocycles. The highest BCUT2D eigenvalue weighted by molar-refractivity contribution is 6.24. The number of para-hydroxylation sites is 3. The number of imidazole rings is 1. The van der Waals surface area contributed by atoms with Crippen molar-refractivity contribution in [1.29, 1.82) is 0 Å². The van der Waals surface area contributed by atoms with E-state index in [0.29, 0.717) is 11.8 Å². The Kier molecular flexibility index (Phi) is 5.89. The van der Waals surface area contributed by atoms with Crippen LogP contribution in [0.4, 0.5) is 0 Å². The zero-order chi connectivity index (χ0) is 31.1. The monoisotopic (exact) mass is 594 g/mol. The molecular formula is C43H34N2O. The Bertz CT molecular complexity index is 2650. The van der Waals surface area contributed by atoms with Gasteiger partial charge in [0.25, 0.3) is 0 Å². The lowest BCUT2D eigenvalue weighted by Crippen LogP contribution is -2.09. The van der Waals surface area contributed by atoms with Crippen LogP contribution in [0, 0.1) is 0 Å². The van der Waals surface area contributed by atoms with Gasteiger partial charge >= 0.3 is 0 Å². The van der Waals surface area contributed by atoms with Gasteiger partial charge in [0.15, 0.2) is 0 Å². The third kappa shape index (κ3) is 3.81. The molecule has 7 aromatic carbocycles. The number of benzene rings is 7. The Morgan fingerprint density at radius 3 is 2.13 bits per heavy atom. The van der Waals surface area contributed by atoms with Crippen molar-refractivity contribution in [2.24, 2.45) is 0 Å². The zero-order valence-electron chi connectivity index (χ0n) is 26.5. The highest BCUT2D eigenvalue weighted by atomic mass is 16.3. The van der Waals surface area contributed by atoms with Crippen LogP contribution in [0.25, 0.3) is 82.4 Å². The van der Waals surface area contributed by atoms with Gasteiger partial charge in [-0.2, -0.15) is 0 Å². The number of hydrogen-bond acceptors (Lipinski definition) is 2. The summed E-state index contributed by atoms with van der Waals surface area (Å²) in [6.45, 7) is 9.21. The van der Waals surface area contributed by atoms with Crippen molar-refractivity contribution in [3.63, 3.8) is 0 Å². The maximum absolute atomic E-state index is 6.82. The van der Waals surface area contributed by atoms with Gasteiger partial charge in [-0.25, -0.2) is 4.98 Å². The van der Waals surface area contributed by atoms with Crippen molar-refractivity contribution in [1.82, 2.24) is 9.55 Å². The zero-order valence-corrected chi connectivity index (χ0v) is 26.5. The first-order chi connectivity index (χ1) is 22.5. The summed E-state index contributed by atoms with van der Waals surface area (Å²) < 4.78 is 9.23. The average molecular weight is 595 g/mol. The first-order valence-electron chi connectivity index (χ1n) is 16.3. The van der Waals surface area contributed by atoms with Crippen LogP contribution >= 0.6 is 0 Å². The van der Waals surface area contributed by atoms with Gasteiger partial charge in [0.1, 0.15) is 17.0 Å². The molecule has 0 saturated heterocycles. The normalized spacial score (nSPS) is 12.3. The molecule has 2 heterocycles. The van der Waals surface area contributed by atoms with Crippen molar-refractivity contribution < 1.29 is 4.42 Å². The van der Waals surface area contributed by atoms with Gasteiger partial charge in [-0.1, -0.05) is 119 Å². The maximum atomic E-state index is 6.82. The van der Waals surface area contributed by atoms with E-state index in [1.165, 1.54) is 49.1 Å². The fraction of sp³-hybridized carbons (Fsp3) is 0.140. The molecule has 0 unspecified atom stereocenters. The first kappa shape index (κ1) is 26.9. The minimum Gasteiger partial charge on any atom is -0.455 e. The molecule has 3 heteroatoms. The number of aromatic nitrogens is 2. The summed E-state index contributed by atoms with van der Waals surface area (Å²) in [5.74, 6) is 1.52. The molecule has 0 aliphatic heterocycles. The van der Waals surface area contributed by atoms with Gasteiger partial charge in [0.2, 0.25) is 0 Å². The molecule has 2 aromatic heterocycles. The van der Waals surface area contributed by atoms with Gasteiger partial charge < -0.3 is 4.42 Å². The maximum Gasteiger partial charge on any atom is 0.149 e. The topological polar surface area (TPSA) is 31.0 Å². The largest absolute Gasteiger partial charge is 0.455 e. The smallest absolute Gasteiger partial charge is 0.149 e. The van der Waals surface area contributed by atoms with E-state index in [-0.39, 0.29) is 0 Å². The quantitative estimate of drug-likeness (QED) is 0.190. The number of nitrogens with zero attached hydrogens (tertiary/aromatic N) is 2. The van der Waals surface area contributed by atoms with Crippen molar-refractivity contribution in [3.05, 3.63) is 132 Å². The lowest BCUT2D eigenvalue weighted by Gasteiger charge is -2.25. The van der Waals surface area contributed by atoms with Crippen molar-refractivity contribution >= 4 is 65.3 Å². The third-order valence-electron chi connectivity index (χ3n) is 9.70. The van der Waals surface area contributed by atoms with Crippen LogP contribution in [0.15, 0.2) is 126 Å². The standard InChI is InChI=1S/C43H34N2O/c1-25(2)35-24-28-13-6-8-15-30(28)39(26(3)4)41(35)45-37-19-10-9-18-36(37)44-43(45)34-17-11-16-33-40-32-21-20-27-12-5-7-14-29(27)31(32)22-23-38(40)46-42(33)34/h5-26H,1-4H3. The Labute approximate surface area is 267 Å². The number of fused-ring (bicyclic) bond motifs is 9. The lowest BCUT2D eigenvalue weighted by atomic mass is 9.87. The molecule has 0 amide bonds. The highest BCUT2D eigenvalue weighted by Gasteiger charge is 2.26. The van der Waals surface area contributed by atoms with Crippen molar-refractivity contribution in [3.8, 4) is 17.1 Å². The van der Waals surface area contributed by atoms with E-state index in [2.05, 4.69) is 154 Å². The molecular weight excluding hydrogens is 560 g/mol. The van der Waals surface area contributed by atoms with Gasteiger partial charge in [0.05, 0.1) is 22.3 Å². The Balaban J connectivity index is 1.41. The second kappa shape index (κ2) is 10.1. The molecule has 222 valence electrons. The summed E-state index contributed by atoms with van der Waals surface area (Å²) in [7, 11) is 0. The Morgan fingerprint density at radius 1 is 0.587 bits per heavy atom. The molecule has 9 aromatic rings. The number of rotatable bonds is 4. The van der Waals surface area contributed by atoms with Gasteiger partial charge in [-0.3, -0.25) is 4.57 Å². The van der Waals surface area contributed by atoms with E-state index < -0.39 is 0 Å². The molecule has 0 fully saturated rings. The molecule has 0 atom stereocenters. The SMILES string of the molecule is CC(C)c1cc2ccccc2c(C(C)C)c1-n1c(-c2cccc3c2oc2ccc4c5ccccc5ccc4c23)nc2ccccc21. The third-order valence-corrected chi connectivity index (χ3v) is 9.70. The summed E-state index contributed by atoms with van der Waals surface area (Å²) >= 11 is 0. The van der Waals surface area contributed by atoms with Crippen LogP contribution in [0.1, 0.15) is 50.7 Å². The molecule has 0 saturated carbocycles. The number of furan rings is 1. The van der Waals surface area contributed by atoms with Crippen LogP contribution < -0.4 is 0 Å². The van der Waals surface area contributed by atoms with Crippen LogP contribution in [0.3, 0.4) is 0 Å². The van der Waals surface area contributed by atoms with Crippen LogP contribution in [0.5, 0.6) is 0 Å². The average Bonchev–Trinajstić information content (AvgIpc) is 3.66. The van der Waals surface area contributed by atoms with Crippen LogP contribution in [-0.4, -0.2) is 9.55 Å². The molecule has 3 nitrogen and oxygen atoms in total. The van der Waals surface area contributed by atoms with E-state index in [1.54, 1.807) is 0 Å².